The first-order valence-corrected chi connectivity index (χ1v) is 4.39. The topological polar surface area (TPSA) is 12.4 Å². The van der Waals surface area contributed by atoms with Crippen molar-refractivity contribution in [3.05, 3.63) is 11.8 Å². The third-order valence-electron chi connectivity index (χ3n) is 1.53. The molecule has 0 saturated carbocycles. The summed E-state index contributed by atoms with van der Waals surface area (Å²) in [6.45, 7) is 8.43. The lowest BCUT2D eigenvalue weighted by Gasteiger charge is -1.98. The minimum atomic E-state index is 1.13. The van der Waals surface area contributed by atoms with Crippen LogP contribution in [0.5, 0.6) is 0 Å². The second-order valence-electron chi connectivity index (χ2n) is 2.97. The molecule has 0 radical (unpaired) electrons. The summed E-state index contributed by atoms with van der Waals surface area (Å²) in [5.74, 6) is 0. The van der Waals surface area contributed by atoms with Gasteiger partial charge in [0.1, 0.15) is 0 Å². The van der Waals surface area contributed by atoms with E-state index in [1.165, 1.54) is 18.4 Å². The highest BCUT2D eigenvalue weighted by atomic mass is 14.7. The Morgan fingerprint density at radius 1 is 1.27 bits per heavy atom. The van der Waals surface area contributed by atoms with Crippen LogP contribution < -0.4 is 0 Å². The van der Waals surface area contributed by atoms with Gasteiger partial charge in [0.15, 0.2) is 0 Å². The summed E-state index contributed by atoms with van der Waals surface area (Å²) in [6.07, 6.45) is 5.55. The number of aliphatic imine (C=N–C) groups is 1. The normalized spacial score (nSPS) is 11.5. The van der Waals surface area contributed by atoms with Crippen LogP contribution in [0.4, 0.5) is 0 Å². The van der Waals surface area contributed by atoms with E-state index in [-0.39, 0.29) is 0 Å². The molecule has 0 atom stereocenters. The molecule has 0 aromatic carbocycles. The third kappa shape index (κ3) is 5.84. The summed E-state index contributed by atoms with van der Waals surface area (Å²) in [4.78, 5) is 4.27. The van der Waals surface area contributed by atoms with Gasteiger partial charge >= 0.3 is 0 Å². The number of rotatable bonds is 4. The molecule has 0 unspecified atom stereocenters. The summed E-state index contributed by atoms with van der Waals surface area (Å²) in [7, 11) is 0. The summed E-state index contributed by atoms with van der Waals surface area (Å²) in [5, 5.41) is 0. The van der Waals surface area contributed by atoms with Crippen molar-refractivity contribution < 1.29 is 0 Å². The molecule has 0 aliphatic heterocycles. The number of nitrogens with zero attached hydrogens (tertiary/aromatic N) is 1. The van der Waals surface area contributed by atoms with Gasteiger partial charge in [-0.1, -0.05) is 25.8 Å². The van der Waals surface area contributed by atoms with Crippen LogP contribution in [-0.2, 0) is 0 Å². The average molecular weight is 153 g/mol. The highest BCUT2D eigenvalue weighted by Gasteiger charge is 1.89. The molecule has 0 heterocycles. The number of allylic oxidation sites excluding steroid dienone is 1. The third-order valence-corrected chi connectivity index (χ3v) is 1.53. The minimum Gasteiger partial charge on any atom is -0.266 e. The van der Waals surface area contributed by atoms with Gasteiger partial charge in [0, 0.05) is 11.9 Å². The number of hydrogen-bond donors (Lipinski definition) is 0. The van der Waals surface area contributed by atoms with Gasteiger partial charge in [0.2, 0.25) is 0 Å². The fourth-order valence-electron chi connectivity index (χ4n) is 0.874. The van der Waals surface area contributed by atoms with E-state index in [1.54, 1.807) is 0 Å². The van der Waals surface area contributed by atoms with Gasteiger partial charge in [-0.3, -0.25) is 4.99 Å². The highest BCUT2D eigenvalue weighted by Crippen LogP contribution is 2.08. The van der Waals surface area contributed by atoms with E-state index < -0.39 is 0 Å². The fourth-order valence-corrected chi connectivity index (χ4v) is 0.874. The summed E-state index contributed by atoms with van der Waals surface area (Å²) in [6, 6.07) is 0. The Balaban J connectivity index is 4.00. The van der Waals surface area contributed by atoms with Crippen molar-refractivity contribution in [2.24, 2.45) is 4.99 Å². The molecular formula is C10H19N. The predicted octanol–water partition coefficient (Wildman–Crippen LogP) is 3.56. The van der Waals surface area contributed by atoms with Crippen molar-refractivity contribution in [1.29, 1.82) is 0 Å². The highest BCUT2D eigenvalue weighted by molar-refractivity contribution is 5.79. The molecule has 0 aliphatic carbocycles. The van der Waals surface area contributed by atoms with Gasteiger partial charge in [0.25, 0.3) is 0 Å². The zero-order chi connectivity index (χ0) is 8.69. The SMILES string of the molecule is CCC/C(=C/N=C(C)C)CC. The van der Waals surface area contributed by atoms with Crippen LogP contribution in [0.1, 0.15) is 47.0 Å². The van der Waals surface area contributed by atoms with Gasteiger partial charge in [0.05, 0.1) is 0 Å². The molecule has 1 heteroatoms. The molecule has 1 nitrogen and oxygen atoms in total. The molecule has 11 heavy (non-hydrogen) atoms. The van der Waals surface area contributed by atoms with Crippen LogP contribution >= 0.6 is 0 Å². The zero-order valence-electron chi connectivity index (χ0n) is 8.15. The molecule has 0 bridgehead atoms. The first-order valence-electron chi connectivity index (χ1n) is 4.39. The minimum absolute atomic E-state index is 1.13. The predicted molar refractivity (Wildman–Crippen MR) is 52.1 cm³/mol. The van der Waals surface area contributed by atoms with Crippen molar-refractivity contribution in [2.45, 2.75) is 47.0 Å². The van der Waals surface area contributed by atoms with Crippen LogP contribution in [0.3, 0.4) is 0 Å². The lowest BCUT2D eigenvalue weighted by atomic mass is 10.1. The molecule has 0 rings (SSSR count). The lowest BCUT2D eigenvalue weighted by Crippen LogP contribution is -1.82. The second-order valence-corrected chi connectivity index (χ2v) is 2.97. The van der Waals surface area contributed by atoms with Gasteiger partial charge in [-0.05, 0) is 26.7 Å². The Morgan fingerprint density at radius 2 is 1.91 bits per heavy atom. The standard InChI is InChI=1S/C10H19N/c1-5-7-10(6-2)8-11-9(3)4/h8H,5-7H2,1-4H3/b10-8+. The van der Waals surface area contributed by atoms with Crippen molar-refractivity contribution >= 4 is 5.71 Å². The van der Waals surface area contributed by atoms with E-state index in [2.05, 4.69) is 18.8 Å². The van der Waals surface area contributed by atoms with Crippen LogP contribution in [0, 0.1) is 0 Å². The van der Waals surface area contributed by atoms with Crippen molar-refractivity contribution in [2.75, 3.05) is 0 Å². The summed E-state index contributed by atoms with van der Waals surface area (Å²) < 4.78 is 0. The second kappa shape index (κ2) is 6.14. The Hall–Kier alpha value is -0.590. The summed E-state index contributed by atoms with van der Waals surface area (Å²) >= 11 is 0. The molecule has 0 N–H and O–H groups in total. The maximum Gasteiger partial charge on any atom is 0.0258 e. The van der Waals surface area contributed by atoms with Crippen LogP contribution in [0.25, 0.3) is 0 Å². The lowest BCUT2D eigenvalue weighted by molar-refractivity contribution is 0.854. The smallest absolute Gasteiger partial charge is 0.0258 e. The maximum absolute atomic E-state index is 4.27. The van der Waals surface area contributed by atoms with Crippen molar-refractivity contribution in [3.63, 3.8) is 0 Å². The number of hydrogen-bond acceptors (Lipinski definition) is 1. The molecule has 64 valence electrons. The summed E-state index contributed by atoms with van der Waals surface area (Å²) in [5.41, 5.74) is 2.58. The van der Waals surface area contributed by atoms with Crippen molar-refractivity contribution in [3.8, 4) is 0 Å². The first kappa shape index (κ1) is 10.4. The molecular weight excluding hydrogens is 134 g/mol. The Morgan fingerprint density at radius 3 is 2.27 bits per heavy atom. The van der Waals surface area contributed by atoms with Gasteiger partial charge in [-0.15, -0.1) is 0 Å². The van der Waals surface area contributed by atoms with Gasteiger partial charge < -0.3 is 0 Å². The van der Waals surface area contributed by atoms with Crippen LogP contribution in [-0.4, -0.2) is 5.71 Å². The van der Waals surface area contributed by atoms with Gasteiger partial charge in [-0.2, -0.15) is 0 Å². The van der Waals surface area contributed by atoms with Crippen molar-refractivity contribution in [1.82, 2.24) is 0 Å². The molecule has 0 fully saturated rings. The largest absolute Gasteiger partial charge is 0.266 e. The van der Waals surface area contributed by atoms with E-state index in [1.807, 2.05) is 20.0 Å². The van der Waals surface area contributed by atoms with Crippen LogP contribution in [0.2, 0.25) is 0 Å². The Kier molecular flexibility index (Phi) is 5.81. The first-order chi connectivity index (χ1) is 5.20. The zero-order valence-corrected chi connectivity index (χ0v) is 8.15. The van der Waals surface area contributed by atoms with E-state index in [0.29, 0.717) is 0 Å². The average Bonchev–Trinajstić information content (AvgIpc) is 1.97. The van der Waals surface area contributed by atoms with Crippen LogP contribution in [0.15, 0.2) is 16.8 Å². The van der Waals surface area contributed by atoms with E-state index in [0.717, 1.165) is 12.1 Å². The Bertz CT molecular complexity index is 150. The molecule has 0 aliphatic rings. The molecule has 0 amide bonds. The molecule has 0 spiro atoms. The molecule has 0 saturated heterocycles. The monoisotopic (exact) mass is 153 g/mol. The van der Waals surface area contributed by atoms with E-state index in [4.69, 9.17) is 0 Å². The fraction of sp³-hybridized carbons (Fsp3) is 0.700. The van der Waals surface area contributed by atoms with E-state index >= 15 is 0 Å². The Labute approximate surface area is 70.2 Å². The van der Waals surface area contributed by atoms with E-state index in [9.17, 15) is 0 Å². The van der Waals surface area contributed by atoms with Gasteiger partial charge in [-0.25, -0.2) is 0 Å². The molecule has 0 aromatic rings. The quantitative estimate of drug-likeness (QED) is 0.547. The maximum atomic E-state index is 4.27. The molecule has 0 aromatic heterocycles.